The average molecular weight is 262 g/mol. The van der Waals surface area contributed by atoms with Crippen LogP contribution in [0.4, 0.5) is 0 Å². The third-order valence-corrected chi connectivity index (χ3v) is 3.67. The fraction of sp³-hybridized carbons (Fsp3) is 0.267. The monoisotopic (exact) mass is 261 g/mol. The molecule has 0 saturated carbocycles. The van der Waals surface area contributed by atoms with Crippen molar-refractivity contribution in [2.24, 2.45) is 0 Å². The molecule has 2 unspecified atom stereocenters. The molecule has 0 saturated heterocycles. The van der Waals surface area contributed by atoms with Crippen LogP contribution in [-0.2, 0) is 0 Å². The topological polar surface area (TPSA) is 33.1 Å². The summed E-state index contributed by atoms with van der Waals surface area (Å²) in [5.41, 5.74) is 2.67. The molecule has 2 atom stereocenters. The fourth-order valence-corrected chi connectivity index (χ4v) is 2.20. The molecule has 0 radical (unpaired) electrons. The molecule has 0 fully saturated rings. The number of aliphatic hydroxyl groups excluding tert-OH is 1. The maximum absolute atomic E-state index is 10.4. The number of rotatable bonds is 3. The van der Waals surface area contributed by atoms with Crippen molar-refractivity contribution in [2.75, 3.05) is 0 Å². The summed E-state index contributed by atoms with van der Waals surface area (Å²) in [5, 5.41) is 11.1. The van der Waals surface area contributed by atoms with E-state index in [0.29, 0.717) is 5.02 Å². The van der Waals surface area contributed by atoms with Crippen LogP contribution >= 0.6 is 11.6 Å². The van der Waals surface area contributed by atoms with Crippen LogP contribution in [0.2, 0.25) is 5.02 Å². The summed E-state index contributed by atoms with van der Waals surface area (Å²) in [5.74, 6) is -0.0663. The highest BCUT2D eigenvalue weighted by molar-refractivity contribution is 6.31. The Morgan fingerprint density at radius 2 is 1.94 bits per heavy atom. The summed E-state index contributed by atoms with van der Waals surface area (Å²) in [6, 6.07) is 11.3. The van der Waals surface area contributed by atoms with E-state index in [1.54, 1.807) is 6.20 Å². The van der Waals surface area contributed by atoms with Crippen LogP contribution < -0.4 is 0 Å². The van der Waals surface area contributed by atoms with E-state index in [1.165, 1.54) is 0 Å². The van der Waals surface area contributed by atoms with Gasteiger partial charge in [-0.2, -0.15) is 0 Å². The van der Waals surface area contributed by atoms with Crippen LogP contribution in [-0.4, -0.2) is 10.1 Å². The summed E-state index contributed by atoms with van der Waals surface area (Å²) in [4.78, 5) is 4.28. The van der Waals surface area contributed by atoms with Crippen molar-refractivity contribution in [3.63, 3.8) is 0 Å². The van der Waals surface area contributed by atoms with E-state index in [1.807, 2.05) is 50.2 Å². The molecule has 1 aromatic heterocycles. The van der Waals surface area contributed by atoms with E-state index in [-0.39, 0.29) is 5.92 Å². The van der Waals surface area contributed by atoms with Gasteiger partial charge in [-0.15, -0.1) is 0 Å². The van der Waals surface area contributed by atoms with E-state index in [4.69, 9.17) is 11.6 Å². The van der Waals surface area contributed by atoms with Gasteiger partial charge in [-0.1, -0.05) is 36.7 Å². The van der Waals surface area contributed by atoms with Gasteiger partial charge in [0.15, 0.2) is 0 Å². The molecule has 0 aliphatic carbocycles. The van der Waals surface area contributed by atoms with Gasteiger partial charge in [0.1, 0.15) is 0 Å². The van der Waals surface area contributed by atoms with Gasteiger partial charge in [0, 0.05) is 22.8 Å². The number of aromatic nitrogens is 1. The maximum Gasteiger partial charge on any atom is 0.0874 e. The Bertz CT molecular complexity index is 527. The lowest BCUT2D eigenvalue weighted by Crippen LogP contribution is -2.10. The average Bonchev–Trinajstić information content (AvgIpc) is 2.41. The van der Waals surface area contributed by atoms with Crippen LogP contribution in [0.15, 0.2) is 42.6 Å². The lowest BCUT2D eigenvalue weighted by molar-refractivity contribution is 0.149. The summed E-state index contributed by atoms with van der Waals surface area (Å²) in [7, 11) is 0. The molecule has 1 heterocycles. The standard InChI is InChI=1S/C15H16ClNO/c1-10-12(6-5-7-13(10)16)15(18)11(2)14-8-3-4-9-17-14/h3-9,11,15,18H,1-2H3. The molecule has 18 heavy (non-hydrogen) atoms. The van der Waals surface area contributed by atoms with Crippen molar-refractivity contribution in [3.8, 4) is 0 Å². The molecule has 0 aliphatic heterocycles. The zero-order valence-electron chi connectivity index (χ0n) is 10.5. The molecule has 3 heteroatoms. The van der Waals surface area contributed by atoms with Crippen molar-refractivity contribution in [3.05, 3.63) is 64.4 Å². The summed E-state index contributed by atoms with van der Waals surface area (Å²) < 4.78 is 0. The Balaban J connectivity index is 2.31. The van der Waals surface area contributed by atoms with E-state index < -0.39 is 6.10 Å². The van der Waals surface area contributed by atoms with E-state index in [9.17, 15) is 5.11 Å². The molecule has 0 bridgehead atoms. The molecule has 0 spiro atoms. The second-order valence-corrected chi connectivity index (χ2v) is 4.85. The van der Waals surface area contributed by atoms with Gasteiger partial charge >= 0.3 is 0 Å². The van der Waals surface area contributed by atoms with Gasteiger partial charge < -0.3 is 5.11 Å². The minimum atomic E-state index is -0.599. The molecule has 94 valence electrons. The number of hydrogen-bond acceptors (Lipinski definition) is 2. The predicted octanol–water partition coefficient (Wildman–Crippen LogP) is 3.88. The Morgan fingerprint density at radius 3 is 2.61 bits per heavy atom. The molecular weight excluding hydrogens is 246 g/mol. The molecule has 1 N–H and O–H groups in total. The number of halogens is 1. The molecule has 0 amide bonds. The molecule has 2 rings (SSSR count). The quantitative estimate of drug-likeness (QED) is 0.910. The highest BCUT2D eigenvalue weighted by Gasteiger charge is 2.21. The summed E-state index contributed by atoms with van der Waals surface area (Å²) >= 11 is 6.08. The fourth-order valence-electron chi connectivity index (χ4n) is 2.02. The Labute approximate surface area is 112 Å². The highest BCUT2D eigenvalue weighted by Crippen LogP contribution is 2.33. The first kappa shape index (κ1) is 13.1. The third kappa shape index (κ3) is 2.55. The van der Waals surface area contributed by atoms with Gasteiger partial charge in [0.2, 0.25) is 0 Å². The number of benzene rings is 1. The maximum atomic E-state index is 10.4. The summed E-state index contributed by atoms with van der Waals surface area (Å²) in [6.07, 6.45) is 1.14. The van der Waals surface area contributed by atoms with Crippen molar-refractivity contribution < 1.29 is 5.11 Å². The van der Waals surface area contributed by atoms with Crippen molar-refractivity contribution in [2.45, 2.75) is 25.9 Å². The van der Waals surface area contributed by atoms with Gasteiger partial charge in [0.25, 0.3) is 0 Å². The predicted molar refractivity (Wildman–Crippen MR) is 73.8 cm³/mol. The van der Waals surface area contributed by atoms with Gasteiger partial charge in [-0.05, 0) is 36.2 Å². The number of aliphatic hydroxyl groups is 1. The molecule has 2 aromatic rings. The smallest absolute Gasteiger partial charge is 0.0874 e. The normalized spacial score (nSPS) is 14.2. The SMILES string of the molecule is Cc1c(Cl)cccc1C(O)C(C)c1ccccn1. The van der Waals surface area contributed by atoms with E-state index >= 15 is 0 Å². The second kappa shape index (κ2) is 5.51. The molecule has 1 aromatic carbocycles. The van der Waals surface area contributed by atoms with Crippen LogP contribution in [0.5, 0.6) is 0 Å². The minimum Gasteiger partial charge on any atom is -0.388 e. The van der Waals surface area contributed by atoms with Crippen LogP contribution in [0.1, 0.15) is 35.8 Å². The number of pyridine rings is 1. The Kier molecular flexibility index (Phi) is 4.00. The largest absolute Gasteiger partial charge is 0.388 e. The second-order valence-electron chi connectivity index (χ2n) is 4.44. The van der Waals surface area contributed by atoms with Crippen molar-refractivity contribution >= 4 is 11.6 Å². The van der Waals surface area contributed by atoms with Crippen molar-refractivity contribution in [1.29, 1.82) is 0 Å². The van der Waals surface area contributed by atoms with Crippen molar-refractivity contribution in [1.82, 2.24) is 4.98 Å². The Hall–Kier alpha value is -1.38. The first-order valence-electron chi connectivity index (χ1n) is 5.95. The summed E-state index contributed by atoms with van der Waals surface area (Å²) in [6.45, 7) is 3.89. The number of hydrogen-bond donors (Lipinski definition) is 1. The molecule has 2 nitrogen and oxygen atoms in total. The molecular formula is C15H16ClNO. The van der Waals surface area contributed by atoms with E-state index in [0.717, 1.165) is 16.8 Å². The highest BCUT2D eigenvalue weighted by atomic mass is 35.5. The number of nitrogens with zero attached hydrogens (tertiary/aromatic N) is 1. The zero-order valence-corrected chi connectivity index (χ0v) is 11.2. The first-order valence-corrected chi connectivity index (χ1v) is 6.33. The van der Waals surface area contributed by atoms with Crippen LogP contribution in [0, 0.1) is 6.92 Å². The van der Waals surface area contributed by atoms with Gasteiger partial charge in [-0.25, -0.2) is 0 Å². The van der Waals surface area contributed by atoms with Gasteiger partial charge in [0.05, 0.1) is 6.10 Å². The first-order chi connectivity index (χ1) is 8.61. The lowest BCUT2D eigenvalue weighted by Gasteiger charge is -2.21. The van der Waals surface area contributed by atoms with E-state index in [2.05, 4.69) is 4.98 Å². The van der Waals surface area contributed by atoms with Crippen LogP contribution in [0.3, 0.4) is 0 Å². The lowest BCUT2D eigenvalue weighted by atomic mass is 9.91. The minimum absolute atomic E-state index is 0.0663. The zero-order chi connectivity index (χ0) is 13.1. The van der Waals surface area contributed by atoms with Crippen LogP contribution in [0.25, 0.3) is 0 Å². The molecule has 0 aliphatic rings. The Morgan fingerprint density at radius 1 is 1.17 bits per heavy atom. The van der Waals surface area contributed by atoms with Gasteiger partial charge in [-0.3, -0.25) is 4.98 Å². The third-order valence-electron chi connectivity index (χ3n) is 3.26.